The van der Waals surface area contributed by atoms with Crippen molar-refractivity contribution in [3.05, 3.63) is 95.5 Å². The highest BCUT2D eigenvalue weighted by Gasteiger charge is 2.36. The average Bonchev–Trinajstić information content (AvgIpc) is 3.12. The Hall–Kier alpha value is -4.00. The van der Waals surface area contributed by atoms with Crippen LogP contribution in [-0.2, 0) is 6.18 Å². The molecule has 4 aromatic rings. The van der Waals surface area contributed by atoms with Gasteiger partial charge in [-0.15, -0.1) is 0 Å². The number of phenols is 1. The summed E-state index contributed by atoms with van der Waals surface area (Å²) in [4.78, 5) is 14.7. The zero-order valence-electron chi connectivity index (χ0n) is 16.1. The van der Waals surface area contributed by atoms with Crippen LogP contribution in [0.1, 0.15) is 11.3 Å². The first-order valence-corrected chi connectivity index (χ1v) is 9.20. The van der Waals surface area contributed by atoms with E-state index in [-0.39, 0.29) is 27.6 Å². The van der Waals surface area contributed by atoms with E-state index in [0.29, 0.717) is 28.5 Å². The molecule has 7 heteroatoms. The molecule has 0 saturated carbocycles. The number of aromatic nitrogens is 1. The molecular formula is C24H16F3NO3. The Bertz CT molecular complexity index is 1420. The molecule has 0 radical (unpaired) electrons. The van der Waals surface area contributed by atoms with E-state index in [1.165, 1.54) is 12.2 Å². The van der Waals surface area contributed by atoms with Gasteiger partial charge in [0, 0.05) is 17.7 Å². The Kier molecular flexibility index (Phi) is 4.81. The molecule has 2 aromatic heterocycles. The van der Waals surface area contributed by atoms with Crippen LogP contribution >= 0.6 is 0 Å². The molecule has 0 amide bonds. The Morgan fingerprint density at radius 2 is 1.81 bits per heavy atom. The number of allylic oxidation sites excluding steroid dienone is 4. The van der Waals surface area contributed by atoms with Crippen LogP contribution in [0.4, 0.5) is 13.2 Å². The molecule has 0 atom stereocenters. The molecule has 0 aliphatic rings. The first-order chi connectivity index (χ1) is 14.8. The maximum Gasteiger partial charge on any atom is 0.417 e. The van der Waals surface area contributed by atoms with Crippen molar-refractivity contribution >= 4 is 27.4 Å². The van der Waals surface area contributed by atoms with E-state index in [4.69, 9.17) is 4.42 Å². The van der Waals surface area contributed by atoms with Gasteiger partial charge < -0.3 is 14.5 Å². The van der Waals surface area contributed by atoms with Crippen LogP contribution in [0.5, 0.6) is 5.75 Å². The van der Waals surface area contributed by atoms with Crippen LogP contribution in [0, 0.1) is 0 Å². The molecule has 0 bridgehead atoms. The first-order valence-electron chi connectivity index (χ1n) is 9.20. The molecule has 4 rings (SSSR count). The van der Waals surface area contributed by atoms with Gasteiger partial charge in [0.2, 0.25) is 0 Å². The largest absolute Gasteiger partial charge is 0.507 e. The minimum absolute atomic E-state index is 0.00302. The van der Waals surface area contributed by atoms with E-state index < -0.39 is 17.4 Å². The van der Waals surface area contributed by atoms with Crippen molar-refractivity contribution in [1.29, 1.82) is 0 Å². The van der Waals surface area contributed by atoms with Gasteiger partial charge in [0.15, 0.2) is 0 Å². The molecule has 2 aromatic carbocycles. The van der Waals surface area contributed by atoms with Crippen molar-refractivity contribution < 1.29 is 22.7 Å². The third-order valence-electron chi connectivity index (χ3n) is 4.94. The van der Waals surface area contributed by atoms with Gasteiger partial charge in [-0.2, -0.15) is 13.2 Å². The van der Waals surface area contributed by atoms with Gasteiger partial charge in [-0.25, -0.2) is 4.79 Å². The smallest absolute Gasteiger partial charge is 0.417 e. The van der Waals surface area contributed by atoms with Crippen molar-refractivity contribution in [3.63, 3.8) is 0 Å². The van der Waals surface area contributed by atoms with Crippen LogP contribution in [0.3, 0.4) is 0 Å². The lowest BCUT2D eigenvalue weighted by Gasteiger charge is -2.11. The van der Waals surface area contributed by atoms with E-state index >= 15 is 0 Å². The summed E-state index contributed by atoms with van der Waals surface area (Å²) in [6, 6.07) is 10.4. The highest BCUT2D eigenvalue weighted by molar-refractivity contribution is 6.16. The zero-order chi connectivity index (χ0) is 22.3. The molecule has 2 heterocycles. The number of aromatic hydroxyl groups is 1. The van der Waals surface area contributed by atoms with Crippen LogP contribution in [0.25, 0.3) is 38.6 Å². The van der Waals surface area contributed by atoms with Gasteiger partial charge in [0.25, 0.3) is 0 Å². The number of hydrogen-bond donors (Lipinski definition) is 2. The number of rotatable bonds is 4. The zero-order valence-corrected chi connectivity index (χ0v) is 16.1. The second kappa shape index (κ2) is 7.36. The molecule has 2 N–H and O–H groups in total. The fraction of sp³-hybridized carbons (Fsp3) is 0.0417. The fourth-order valence-electron chi connectivity index (χ4n) is 3.73. The van der Waals surface area contributed by atoms with Crippen LogP contribution in [0.2, 0.25) is 0 Å². The summed E-state index contributed by atoms with van der Waals surface area (Å²) in [5, 5.41) is 10.6. The molecule has 4 nitrogen and oxygen atoms in total. The Morgan fingerprint density at radius 1 is 1.10 bits per heavy atom. The summed E-state index contributed by atoms with van der Waals surface area (Å²) >= 11 is 0. The predicted molar refractivity (Wildman–Crippen MR) is 115 cm³/mol. The number of nitrogens with one attached hydrogen (secondary N) is 1. The monoisotopic (exact) mass is 423 g/mol. The average molecular weight is 423 g/mol. The van der Waals surface area contributed by atoms with E-state index in [9.17, 15) is 23.1 Å². The molecule has 156 valence electrons. The Balaban J connectivity index is 2.29. The summed E-state index contributed by atoms with van der Waals surface area (Å²) < 4.78 is 46.4. The second-order valence-corrected chi connectivity index (χ2v) is 6.80. The number of aromatic amines is 1. The number of H-pyrrole nitrogens is 1. The summed E-state index contributed by atoms with van der Waals surface area (Å²) in [6.07, 6.45) is -0.110. The molecular weight excluding hydrogens is 407 g/mol. The first kappa shape index (κ1) is 20.3. The lowest BCUT2D eigenvalue weighted by molar-refractivity contribution is -0.136. The van der Waals surface area contributed by atoms with E-state index in [0.717, 1.165) is 6.07 Å². The quantitative estimate of drug-likeness (QED) is 0.294. The van der Waals surface area contributed by atoms with Crippen molar-refractivity contribution in [2.75, 3.05) is 0 Å². The highest BCUT2D eigenvalue weighted by Crippen LogP contribution is 2.46. The number of alkyl halides is 3. The SMILES string of the molecule is C=C/C=C(\C=C)c1[nH]c2c(c(O)cc3oc(=O)cc(C(F)(F)F)c32)c1-c1ccccc1. The van der Waals surface area contributed by atoms with Crippen LogP contribution in [0.15, 0.2) is 83.1 Å². The van der Waals surface area contributed by atoms with Gasteiger partial charge in [0.1, 0.15) is 11.3 Å². The maximum atomic E-state index is 13.8. The van der Waals surface area contributed by atoms with Crippen LogP contribution in [-0.4, -0.2) is 10.1 Å². The molecule has 0 aliphatic heterocycles. The maximum absolute atomic E-state index is 13.8. The lowest BCUT2D eigenvalue weighted by atomic mass is 9.96. The molecule has 0 spiro atoms. The minimum atomic E-state index is -4.81. The third-order valence-corrected chi connectivity index (χ3v) is 4.94. The normalized spacial score (nSPS) is 12.4. The fourth-order valence-corrected chi connectivity index (χ4v) is 3.73. The number of hydrogen-bond acceptors (Lipinski definition) is 3. The third kappa shape index (κ3) is 3.34. The van der Waals surface area contributed by atoms with Crippen molar-refractivity contribution in [1.82, 2.24) is 4.98 Å². The molecule has 0 unspecified atom stereocenters. The van der Waals surface area contributed by atoms with Gasteiger partial charge in [-0.3, -0.25) is 0 Å². The number of phenolic OH excluding ortho intramolecular Hbond substituents is 1. The van der Waals surface area contributed by atoms with Crippen molar-refractivity contribution in [3.8, 4) is 16.9 Å². The molecule has 0 aliphatic carbocycles. The van der Waals surface area contributed by atoms with Crippen molar-refractivity contribution in [2.45, 2.75) is 6.18 Å². The van der Waals surface area contributed by atoms with E-state index in [1.54, 1.807) is 36.4 Å². The molecule has 31 heavy (non-hydrogen) atoms. The van der Waals surface area contributed by atoms with Crippen LogP contribution < -0.4 is 5.63 Å². The standard InChI is InChI=1S/C24H16F3NO3/c1-3-8-13(4-2)22-19(14-9-6-5-7-10-14)21-16(29)12-17-20(23(21)28-22)15(24(25,26)27)11-18(30)31-17/h3-12,28-29H,1-2H2/b13-8+. The lowest BCUT2D eigenvalue weighted by Crippen LogP contribution is -2.11. The topological polar surface area (TPSA) is 66.2 Å². The molecule has 0 saturated heterocycles. The molecule has 0 fully saturated rings. The van der Waals surface area contributed by atoms with E-state index in [2.05, 4.69) is 18.1 Å². The summed E-state index contributed by atoms with van der Waals surface area (Å²) in [5.74, 6) is -0.326. The van der Waals surface area contributed by atoms with Gasteiger partial charge in [-0.1, -0.05) is 61.7 Å². The summed E-state index contributed by atoms with van der Waals surface area (Å²) in [5.41, 5.74) is -0.525. The van der Waals surface area contributed by atoms with Gasteiger partial charge >= 0.3 is 11.8 Å². The predicted octanol–water partition coefficient (Wildman–Crippen LogP) is 6.42. The van der Waals surface area contributed by atoms with Gasteiger partial charge in [-0.05, 0) is 11.1 Å². The summed E-state index contributed by atoms with van der Waals surface area (Å²) in [6.45, 7) is 7.44. The Labute approximate surface area is 174 Å². The highest BCUT2D eigenvalue weighted by atomic mass is 19.4. The number of benzene rings is 2. The second-order valence-electron chi connectivity index (χ2n) is 6.80. The minimum Gasteiger partial charge on any atom is -0.507 e. The van der Waals surface area contributed by atoms with Crippen molar-refractivity contribution in [2.24, 2.45) is 0 Å². The number of fused-ring (bicyclic) bond motifs is 3. The van der Waals surface area contributed by atoms with E-state index in [1.807, 2.05) is 0 Å². The van der Waals surface area contributed by atoms with Gasteiger partial charge in [0.05, 0.1) is 27.5 Å². The number of halogens is 3. The summed E-state index contributed by atoms with van der Waals surface area (Å²) in [7, 11) is 0. The Morgan fingerprint density at radius 3 is 2.42 bits per heavy atom.